The predicted octanol–water partition coefficient (Wildman–Crippen LogP) is 5.42. The molecule has 3 amide bonds. The summed E-state index contributed by atoms with van der Waals surface area (Å²) < 4.78 is 30.1. The Kier molecular flexibility index (Phi) is 19.6. The van der Waals surface area contributed by atoms with Gasteiger partial charge in [0.2, 0.25) is 17.7 Å². The number of fused-ring (bicyclic) bond motifs is 2. The van der Waals surface area contributed by atoms with Crippen LogP contribution in [-0.4, -0.2) is 81.7 Å². The first kappa shape index (κ1) is 43.8. The standard InChI is InChI=1S/C13H20N4O3.C12H18O3S.C10H11NO.C4H10/c1-9-6-14-11(18)7-15-12(19)8-16-13(20)10-4-2-3-5-17(9)10;1-3-4-5-10-15-16(13,14)12-8-6-11(2)7-9-12;1-8-7-11(12-2)10-6-4-3-5-9(8)10;1-3-4-2/h10H,1-8H2,(H,14,18)(H,15,19)(H,16,20);6-9H,3-5,10H2,1-2H3;3-7H,1-2H3;3-4H2,1-2H3. The van der Waals surface area contributed by atoms with Crippen molar-refractivity contribution in [1.29, 1.82) is 0 Å². The Balaban J connectivity index is 0.000000263. The summed E-state index contributed by atoms with van der Waals surface area (Å²) >= 11 is 0. The Labute approximate surface area is 310 Å². The topological polar surface area (TPSA) is 148 Å². The largest absolute Gasteiger partial charge is 0.417 e. The number of carbonyl (C=O) groups is 3. The van der Waals surface area contributed by atoms with E-state index >= 15 is 0 Å². The van der Waals surface area contributed by atoms with Gasteiger partial charge in [0.1, 0.15) is 13.2 Å². The maximum atomic E-state index is 12.2. The molecule has 0 aliphatic carbocycles. The number of aryl methyl sites for hydroxylation is 2. The number of aromatic nitrogens is 1. The zero-order valence-corrected chi connectivity index (χ0v) is 32.6. The second-order valence-corrected chi connectivity index (χ2v) is 14.3. The normalized spacial score (nSPS) is 16.4. The van der Waals surface area contributed by atoms with Gasteiger partial charge in [0, 0.05) is 23.8 Å². The minimum absolute atomic E-state index is 0.0919. The fourth-order valence-electron chi connectivity index (χ4n) is 5.23. The van der Waals surface area contributed by atoms with E-state index in [2.05, 4.69) is 56.3 Å². The third-order valence-corrected chi connectivity index (χ3v) is 9.77. The number of amides is 3. The summed E-state index contributed by atoms with van der Waals surface area (Å²) in [5, 5.41) is 9.01. The van der Waals surface area contributed by atoms with Crippen molar-refractivity contribution in [3.8, 4) is 0 Å². The molecule has 0 radical (unpaired) electrons. The number of carbonyl (C=O) groups excluding carboxylic acids is 3. The summed E-state index contributed by atoms with van der Waals surface area (Å²) in [4.78, 5) is 42.5. The lowest BCUT2D eigenvalue weighted by Gasteiger charge is -2.37. The fraction of sp³-hybridized carbons (Fsp3) is 0.513. The first-order valence-electron chi connectivity index (χ1n) is 18.2. The van der Waals surface area contributed by atoms with Gasteiger partial charge in [0.25, 0.3) is 10.1 Å². The number of rotatable bonds is 8. The summed E-state index contributed by atoms with van der Waals surface area (Å²) in [5.41, 5.74) is 4.12. The molecule has 3 heterocycles. The van der Waals surface area contributed by atoms with Gasteiger partial charge in [0.05, 0.1) is 36.7 Å². The molecule has 2 fully saturated rings. The number of piperidine rings is 1. The Morgan fingerprint density at radius 2 is 1.46 bits per heavy atom. The molecule has 12 nitrogen and oxygen atoms in total. The Morgan fingerprint density at radius 1 is 0.827 bits per heavy atom. The number of nitrogens with zero attached hydrogens (tertiary/aromatic N) is 2. The molecule has 5 rings (SSSR count). The molecular formula is C39H59N5O7S. The molecule has 2 aromatic carbocycles. The molecule has 0 bridgehead atoms. The van der Waals surface area contributed by atoms with E-state index in [0.717, 1.165) is 61.8 Å². The summed E-state index contributed by atoms with van der Waals surface area (Å²) in [6.45, 7) is 15.5. The first-order chi connectivity index (χ1) is 24.9. The van der Waals surface area contributed by atoms with E-state index in [1.54, 1.807) is 36.1 Å². The smallest absolute Gasteiger partial charge is 0.296 e. The van der Waals surface area contributed by atoms with Crippen molar-refractivity contribution in [2.45, 2.75) is 96.9 Å². The number of para-hydroxylation sites is 1. The van der Waals surface area contributed by atoms with Crippen LogP contribution >= 0.6 is 0 Å². The minimum Gasteiger partial charge on any atom is -0.417 e. The lowest BCUT2D eigenvalue weighted by Crippen LogP contribution is -2.53. The second-order valence-electron chi connectivity index (χ2n) is 12.7. The van der Waals surface area contributed by atoms with Crippen LogP contribution in [0.15, 0.2) is 71.9 Å². The van der Waals surface area contributed by atoms with Gasteiger partial charge >= 0.3 is 0 Å². The van der Waals surface area contributed by atoms with Crippen molar-refractivity contribution < 1.29 is 31.8 Å². The van der Waals surface area contributed by atoms with Gasteiger partial charge in [0.15, 0.2) is 0 Å². The maximum Gasteiger partial charge on any atom is 0.296 e. The molecule has 3 aromatic rings. The number of nitrogens with one attached hydrogen (secondary N) is 3. The number of hydrogen-bond donors (Lipinski definition) is 3. The summed E-state index contributed by atoms with van der Waals surface area (Å²) in [7, 11) is -1.89. The molecule has 288 valence electrons. The Morgan fingerprint density at radius 3 is 2.10 bits per heavy atom. The van der Waals surface area contributed by atoms with Crippen LogP contribution in [0.5, 0.6) is 0 Å². The van der Waals surface area contributed by atoms with E-state index < -0.39 is 10.1 Å². The van der Waals surface area contributed by atoms with Gasteiger partial charge in [-0.25, -0.2) is 0 Å². The second kappa shape index (κ2) is 23.3. The van der Waals surface area contributed by atoms with E-state index in [0.29, 0.717) is 6.54 Å². The van der Waals surface area contributed by atoms with Crippen molar-refractivity contribution in [3.05, 3.63) is 78.1 Å². The van der Waals surface area contributed by atoms with Crippen LogP contribution in [0.3, 0.4) is 0 Å². The Bertz CT molecular complexity index is 1630. The molecule has 1 aromatic heterocycles. The summed E-state index contributed by atoms with van der Waals surface area (Å²) in [5.74, 6) is -0.789. The molecule has 1 unspecified atom stereocenters. The summed E-state index contributed by atoms with van der Waals surface area (Å²) in [6.07, 6.45) is 10.2. The average molecular weight is 742 g/mol. The SMILES string of the molecule is C=C1CNC(=O)CNC(=O)CNC(=O)C2CCCCN12.CCCC.CCCCCOS(=O)(=O)c1ccc(C)cc1.COn1cc(C)c2ccccc21. The van der Waals surface area contributed by atoms with Crippen LogP contribution < -0.4 is 20.8 Å². The van der Waals surface area contributed by atoms with Crippen LogP contribution in [0.4, 0.5) is 0 Å². The van der Waals surface area contributed by atoms with E-state index in [4.69, 9.17) is 9.02 Å². The summed E-state index contributed by atoms with van der Waals surface area (Å²) in [6, 6.07) is 14.6. The van der Waals surface area contributed by atoms with Crippen LogP contribution in [0.1, 0.15) is 83.3 Å². The lowest BCUT2D eigenvalue weighted by molar-refractivity contribution is -0.130. The molecule has 1 atom stereocenters. The zero-order valence-electron chi connectivity index (χ0n) is 31.8. The quantitative estimate of drug-likeness (QED) is 0.205. The van der Waals surface area contributed by atoms with E-state index in [-0.39, 0.29) is 48.4 Å². The van der Waals surface area contributed by atoms with Crippen LogP contribution in [0, 0.1) is 13.8 Å². The van der Waals surface area contributed by atoms with Gasteiger partial charge in [-0.05, 0) is 63.3 Å². The van der Waals surface area contributed by atoms with E-state index in [1.165, 1.54) is 23.8 Å². The molecule has 2 aliphatic rings. The van der Waals surface area contributed by atoms with Gasteiger partial charge in [-0.3, -0.25) is 18.6 Å². The fourth-order valence-corrected chi connectivity index (χ4v) is 6.18. The first-order valence-corrected chi connectivity index (χ1v) is 19.6. The average Bonchev–Trinajstić information content (AvgIpc) is 3.49. The number of benzene rings is 2. The molecule has 2 aliphatic heterocycles. The van der Waals surface area contributed by atoms with Gasteiger partial charge in [-0.1, -0.05) is 88.9 Å². The van der Waals surface area contributed by atoms with Crippen LogP contribution in [0.25, 0.3) is 10.9 Å². The maximum absolute atomic E-state index is 12.2. The highest BCUT2D eigenvalue weighted by Crippen LogP contribution is 2.21. The highest BCUT2D eigenvalue weighted by Gasteiger charge is 2.30. The van der Waals surface area contributed by atoms with Crippen molar-refractivity contribution in [3.63, 3.8) is 0 Å². The van der Waals surface area contributed by atoms with Crippen molar-refractivity contribution in [2.24, 2.45) is 0 Å². The van der Waals surface area contributed by atoms with Crippen molar-refractivity contribution in [1.82, 2.24) is 25.6 Å². The molecule has 2 saturated heterocycles. The molecule has 3 N–H and O–H groups in total. The van der Waals surface area contributed by atoms with Crippen LogP contribution in [-0.2, 0) is 28.7 Å². The molecule has 0 saturated carbocycles. The minimum atomic E-state index is -3.56. The van der Waals surface area contributed by atoms with E-state index in [9.17, 15) is 22.8 Å². The van der Waals surface area contributed by atoms with Gasteiger partial charge < -0.3 is 25.7 Å². The molecule has 13 heteroatoms. The molecular weight excluding hydrogens is 683 g/mol. The van der Waals surface area contributed by atoms with Crippen molar-refractivity contribution in [2.75, 3.05) is 39.9 Å². The van der Waals surface area contributed by atoms with Crippen LogP contribution in [0.2, 0.25) is 0 Å². The van der Waals surface area contributed by atoms with Gasteiger partial charge in [-0.15, -0.1) is 0 Å². The number of hydrogen-bond acceptors (Lipinski definition) is 8. The predicted molar refractivity (Wildman–Crippen MR) is 206 cm³/mol. The zero-order chi connectivity index (χ0) is 38.5. The number of unbranched alkanes of at least 4 members (excludes halogenated alkanes) is 3. The highest BCUT2D eigenvalue weighted by atomic mass is 32.2. The highest BCUT2D eigenvalue weighted by molar-refractivity contribution is 7.86. The monoisotopic (exact) mass is 741 g/mol. The van der Waals surface area contributed by atoms with E-state index in [1.807, 2.05) is 36.2 Å². The third kappa shape index (κ3) is 14.7. The van der Waals surface area contributed by atoms with Crippen molar-refractivity contribution >= 4 is 38.7 Å². The van der Waals surface area contributed by atoms with Gasteiger partial charge in [-0.2, -0.15) is 13.1 Å². The molecule has 52 heavy (non-hydrogen) atoms. The lowest BCUT2D eigenvalue weighted by atomic mass is 10.0. The Hall–Kier alpha value is -4.36. The third-order valence-electron chi connectivity index (χ3n) is 8.44. The molecule has 0 spiro atoms.